The van der Waals surface area contributed by atoms with E-state index in [-0.39, 0.29) is 4.92 Å². The highest BCUT2D eigenvalue weighted by atomic mass is 16.6. The zero-order valence-corrected chi connectivity index (χ0v) is 11.8. The Kier molecular flexibility index (Phi) is 10.6. The number of carbonyl (C=O) groups is 1. The Labute approximate surface area is 110 Å². The van der Waals surface area contributed by atoms with Gasteiger partial charge < -0.3 is 4.79 Å². The summed E-state index contributed by atoms with van der Waals surface area (Å²) in [5.41, 5.74) is 0. The lowest BCUT2D eigenvalue weighted by molar-refractivity contribution is -0.525. The molecule has 0 rings (SSSR count). The van der Waals surface area contributed by atoms with Crippen LogP contribution in [0.2, 0.25) is 0 Å². The standard InChI is InChI=1S/C14H27NO3/c1-3-5-6-7-9-13(4-2)12-14(15(17)18)10-8-11-16/h11,13-14H,3-10,12H2,1-2H3. The van der Waals surface area contributed by atoms with Crippen molar-refractivity contribution in [3.8, 4) is 0 Å². The highest BCUT2D eigenvalue weighted by Gasteiger charge is 2.23. The van der Waals surface area contributed by atoms with Gasteiger partial charge in [-0.05, 0) is 5.92 Å². The summed E-state index contributed by atoms with van der Waals surface area (Å²) in [4.78, 5) is 21.0. The van der Waals surface area contributed by atoms with Crippen molar-refractivity contribution in [1.82, 2.24) is 0 Å². The van der Waals surface area contributed by atoms with E-state index in [0.717, 1.165) is 19.1 Å². The quantitative estimate of drug-likeness (QED) is 0.230. The molecule has 0 spiro atoms. The molecule has 0 aliphatic rings. The van der Waals surface area contributed by atoms with E-state index < -0.39 is 6.04 Å². The Bertz CT molecular complexity index is 231. The first-order valence-electron chi connectivity index (χ1n) is 7.22. The topological polar surface area (TPSA) is 60.2 Å². The summed E-state index contributed by atoms with van der Waals surface area (Å²) in [5, 5.41) is 10.9. The van der Waals surface area contributed by atoms with Gasteiger partial charge in [-0.15, -0.1) is 0 Å². The number of hydrogen-bond donors (Lipinski definition) is 0. The molecule has 4 heteroatoms. The van der Waals surface area contributed by atoms with Crippen LogP contribution in [0.3, 0.4) is 0 Å². The van der Waals surface area contributed by atoms with Gasteiger partial charge in [0.15, 0.2) is 0 Å². The summed E-state index contributed by atoms with van der Waals surface area (Å²) in [6.07, 6.45) is 9.05. The second-order valence-corrected chi connectivity index (χ2v) is 5.04. The van der Waals surface area contributed by atoms with Crippen molar-refractivity contribution in [2.45, 2.75) is 77.7 Å². The molecule has 2 unspecified atom stereocenters. The van der Waals surface area contributed by atoms with Crippen molar-refractivity contribution in [2.24, 2.45) is 5.92 Å². The minimum Gasteiger partial charge on any atom is -0.303 e. The lowest BCUT2D eigenvalue weighted by Crippen LogP contribution is -2.23. The van der Waals surface area contributed by atoms with E-state index >= 15 is 0 Å². The summed E-state index contributed by atoms with van der Waals surface area (Å²) in [6, 6.07) is -0.536. The Morgan fingerprint density at radius 1 is 1.17 bits per heavy atom. The Morgan fingerprint density at radius 3 is 2.39 bits per heavy atom. The number of nitro groups is 1. The second kappa shape index (κ2) is 11.2. The SMILES string of the molecule is CCCCCCC(CC)CC(CCC=O)[N+](=O)[O-]. The van der Waals surface area contributed by atoms with Gasteiger partial charge in [-0.1, -0.05) is 52.4 Å². The van der Waals surface area contributed by atoms with Crippen LogP contribution >= 0.6 is 0 Å². The average molecular weight is 257 g/mol. The van der Waals surface area contributed by atoms with E-state index in [9.17, 15) is 14.9 Å². The molecule has 0 bridgehead atoms. The molecule has 0 fully saturated rings. The predicted octanol–water partition coefficient (Wildman–Crippen LogP) is 4.00. The smallest absolute Gasteiger partial charge is 0.213 e. The summed E-state index contributed by atoms with van der Waals surface area (Å²) < 4.78 is 0. The van der Waals surface area contributed by atoms with Crippen LogP contribution in [-0.2, 0) is 4.79 Å². The third-order valence-electron chi connectivity index (χ3n) is 3.56. The first-order chi connectivity index (χ1) is 8.65. The molecule has 106 valence electrons. The van der Waals surface area contributed by atoms with Crippen molar-refractivity contribution in [3.05, 3.63) is 10.1 Å². The molecule has 4 nitrogen and oxygen atoms in total. The van der Waals surface area contributed by atoms with Gasteiger partial charge in [0.2, 0.25) is 6.04 Å². The maximum Gasteiger partial charge on any atom is 0.213 e. The molecule has 0 aromatic heterocycles. The lowest BCUT2D eigenvalue weighted by Gasteiger charge is -2.17. The van der Waals surface area contributed by atoms with Crippen LogP contribution in [0, 0.1) is 16.0 Å². The molecule has 0 radical (unpaired) electrons. The fourth-order valence-electron chi connectivity index (χ4n) is 2.30. The highest BCUT2D eigenvalue weighted by Crippen LogP contribution is 2.22. The van der Waals surface area contributed by atoms with Gasteiger partial charge in [-0.3, -0.25) is 10.1 Å². The van der Waals surface area contributed by atoms with Gasteiger partial charge in [0.25, 0.3) is 0 Å². The number of aldehydes is 1. The number of unbranched alkanes of at least 4 members (excludes halogenated alkanes) is 3. The van der Waals surface area contributed by atoms with E-state index in [1.807, 2.05) is 0 Å². The summed E-state index contributed by atoms with van der Waals surface area (Å²) in [5.74, 6) is 0.434. The van der Waals surface area contributed by atoms with E-state index in [1.165, 1.54) is 25.7 Å². The van der Waals surface area contributed by atoms with E-state index in [1.54, 1.807) is 0 Å². The van der Waals surface area contributed by atoms with Crippen LogP contribution in [0.1, 0.15) is 71.6 Å². The summed E-state index contributed by atoms with van der Waals surface area (Å²) in [7, 11) is 0. The molecule has 0 aliphatic carbocycles. The molecule has 0 saturated heterocycles. The number of nitrogens with zero attached hydrogens (tertiary/aromatic N) is 1. The van der Waals surface area contributed by atoms with Gasteiger partial charge in [0.1, 0.15) is 6.29 Å². The fraction of sp³-hybridized carbons (Fsp3) is 0.929. The van der Waals surface area contributed by atoms with Crippen LogP contribution in [-0.4, -0.2) is 17.3 Å². The van der Waals surface area contributed by atoms with Gasteiger partial charge in [-0.25, -0.2) is 0 Å². The second-order valence-electron chi connectivity index (χ2n) is 5.04. The number of hydrogen-bond acceptors (Lipinski definition) is 3. The Morgan fingerprint density at radius 2 is 1.89 bits per heavy atom. The summed E-state index contributed by atoms with van der Waals surface area (Å²) >= 11 is 0. The Balaban J connectivity index is 4.03. The minimum absolute atomic E-state index is 0.210. The normalized spacial score (nSPS) is 14.1. The monoisotopic (exact) mass is 257 g/mol. The first kappa shape index (κ1) is 17.1. The van der Waals surface area contributed by atoms with Crippen molar-refractivity contribution in [3.63, 3.8) is 0 Å². The lowest BCUT2D eigenvalue weighted by atomic mass is 9.90. The van der Waals surface area contributed by atoms with Crippen LogP contribution in [0.15, 0.2) is 0 Å². The molecule has 0 aliphatic heterocycles. The molecule has 0 heterocycles. The number of carbonyl (C=O) groups excluding carboxylic acids is 1. The van der Waals surface area contributed by atoms with Crippen molar-refractivity contribution in [2.75, 3.05) is 0 Å². The van der Waals surface area contributed by atoms with Crippen LogP contribution in [0.4, 0.5) is 0 Å². The molecule has 0 aromatic rings. The highest BCUT2D eigenvalue weighted by molar-refractivity contribution is 5.49. The van der Waals surface area contributed by atoms with E-state index in [0.29, 0.717) is 25.2 Å². The maximum atomic E-state index is 10.9. The first-order valence-corrected chi connectivity index (χ1v) is 7.22. The average Bonchev–Trinajstić information content (AvgIpc) is 2.36. The molecular formula is C14H27NO3. The maximum absolute atomic E-state index is 10.9. The van der Waals surface area contributed by atoms with Gasteiger partial charge in [0, 0.05) is 24.2 Å². The fourth-order valence-corrected chi connectivity index (χ4v) is 2.30. The van der Waals surface area contributed by atoms with Gasteiger partial charge >= 0.3 is 0 Å². The molecule has 0 amide bonds. The Hall–Kier alpha value is -0.930. The predicted molar refractivity (Wildman–Crippen MR) is 73.2 cm³/mol. The van der Waals surface area contributed by atoms with Crippen molar-refractivity contribution in [1.29, 1.82) is 0 Å². The third-order valence-corrected chi connectivity index (χ3v) is 3.56. The van der Waals surface area contributed by atoms with Crippen LogP contribution in [0.25, 0.3) is 0 Å². The van der Waals surface area contributed by atoms with Gasteiger partial charge in [-0.2, -0.15) is 0 Å². The van der Waals surface area contributed by atoms with Crippen molar-refractivity contribution >= 4 is 6.29 Å². The third kappa shape index (κ3) is 8.20. The molecule has 0 N–H and O–H groups in total. The molecular weight excluding hydrogens is 230 g/mol. The van der Waals surface area contributed by atoms with Crippen molar-refractivity contribution < 1.29 is 9.72 Å². The van der Waals surface area contributed by atoms with E-state index in [2.05, 4.69) is 13.8 Å². The zero-order valence-electron chi connectivity index (χ0n) is 11.8. The van der Waals surface area contributed by atoms with Gasteiger partial charge in [0.05, 0.1) is 0 Å². The minimum atomic E-state index is -0.536. The van der Waals surface area contributed by atoms with Crippen LogP contribution < -0.4 is 0 Å². The molecule has 0 aromatic carbocycles. The summed E-state index contributed by atoms with van der Waals surface area (Å²) in [6.45, 7) is 4.28. The molecule has 18 heavy (non-hydrogen) atoms. The zero-order chi connectivity index (χ0) is 13.8. The molecule has 0 saturated carbocycles. The largest absolute Gasteiger partial charge is 0.303 e. The van der Waals surface area contributed by atoms with Crippen LogP contribution in [0.5, 0.6) is 0 Å². The molecule has 2 atom stereocenters. The number of rotatable bonds is 12. The van der Waals surface area contributed by atoms with E-state index in [4.69, 9.17) is 0 Å².